The van der Waals surface area contributed by atoms with Gasteiger partial charge in [0.05, 0.1) is 6.61 Å². The van der Waals surface area contributed by atoms with E-state index in [4.69, 9.17) is 4.74 Å². The van der Waals surface area contributed by atoms with Crippen LogP contribution in [0.2, 0.25) is 0 Å². The Balaban J connectivity index is 4.43. The van der Waals surface area contributed by atoms with Crippen molar-refractivity contribution in [2.24, 2.45) is 0 Å². The van der Waals surface area contributed by atoms with Crippen molar-refractivity contribution in [3.63, 3.8) is 0 Å². The molecule has 1 amide bonds. The number of ketones is 1. The first kappa shape index (κ1) is 16.4. The summed E-state index contributed by atoms with van der Waals surface area (Å²) in [5.41, 5.74) is 0. The largest absolute Gasteiger partial charge is 0.463 e. The summed E-state index contributed by atoms with van der Waals surface area (Å²) in [6.45, 7) is 5.61. The molecule has 18 heavy (non-hydrogen) atoms. The standard InChI is InChI=1S/C13H21NO4/c1-4-7-10(8-9-12(16)18-6-3)14-13(17)11(15)5-2/h8-10H,4-7H2,1-3H3,(H,14,17)/b9-8+/t10-/m0/s1. The number of hydrogen-bond acceptors (Lipinski definition) is 4. The van der Waals surface area contributed by atoms with Crippen LogP contribution in [-0.2, 0) is 19.1 Å². The molecule has 0 bridgehead atoms. The molecule has 0 radical (unpaired) electrons. The van der Waals surface area contributed by atoms with E-state index in [0.29, 0.717) is 13.0 Å². The molecule has 0 aliphatic rings. The summed E-state index contributed by atoms with van der Waals surface area (Å²) < 4.78 is 4.74. The third-order valence-electron chi connectivity index (χ3n) is 2.24. The molecule has 0 aromatic heterocycles. The lowest BCUT2D eigenvalue weighted by Crippen LogP contribution is -2.38. The summed E-state index contributed by atoms with van der Waals surface area (Å²) in [4.78, 5) is 33.7. The van der Waals surface area contributed by atoms with Crippen LogP contribution < -0.4 is 5.32 Å². The van der Waals surface area contributed by atoms with Gasteiger partial charge in [0.1, 0.15) is 0 Å². The Morgan fingerprint density at radius 1 is 1.22 bits per heavy atom. The van der Waals surface area contributed by atoms with E-state index in [1.165, 1.54) is 6.08 Å². The number of esters is 1. The zero-order valence-corrected chi connectivity index (χ0v) is 11.2. The van der Waals surface area contributed by atoms with Gasteiger partial charge in [0, 0.05) is 18.5 Å². The molecule has 0 rings (SSSR count). The number of amides is 1. The van der Waals surface area contributed by atoms with Crippen molar-refractivity contribution in [1.82, 2.24) is 5.32 Å². The fraction of sp³-hybridized carbons (Fsp3) is 0.615. The lowest BCUT2D eigenvalue weighted by Gasteiger charge is -2.13. The summed E-state index contributed by atoms with van der Waals surface area (Å²) >= 11 is 0. The highest BCUT2D eigenvalue weighted by molar-refractivity contribution is 6.36. The van der Waals surface area contributed by atoms with Crippen molar-refractivity contribution in [2.45, 2.75) is 46.1 Å². The molecule has 0 unspecified atom stereocenters. The van der Waals surface area contributed by atoms with E-state index >= 15 is 0 Å². The molecule has 0 saturated carbocycles. The highest BCUT2D eigenvalue weighted by atomic mass is 16.5. The smallest absolute Gasteiger partial charge is 0.330 e. The molecule has 0 aromatic rings. The molecule has 1 atom stereocenters. The van der Waals surface area contributed by atoms with Crippen LogP contribution in [0.5, 0.6) is 0 Å². The van der Waals surface area contributed by atoms with Gasteiger partial charge in [0.25, 0.3) is 5.91 Å². The highest BCUT2D eigenvalue weighted by Crippen LogP contribution is 2.00. The van der Waals surface area contributed by atoms with Crippen molar-refractivity contribution in [1.29, 1.82) is 0 Å². The molecule has 1 N–H and O–H groups in total. The number of Topliss-reactive ketones (excluding diaryl/α,β-unsaturated/α-hetero) is 1. The van der Waals surface area contributed by atoms with Crippen molar-refractivity contribution in [2.75, 3.05) is 6.61 Å². The lowest BCUT2D eigenvalue weighted by atomic mass is 10.1. The molecule has 0 saturated heterocycles. The van der Waals surface area contributed by atoms with E-state index in [0.717, 1.165) is 6.42 Å². The highest BCUT2D eigenvalue weighted by Gasteiger charge is 2.14. The van der Waals surface area contributed by atoms with Crippen LogP contribution in [-0.4, -0.2) is 30.3 Å². The third kappa shape index (κ3) is 6.83. The monoisotopic (exact) mass is 255 g/mol. The fourth-order valence-corrected chi connectivity index (χ4v) is 1.32. The van der Waals surface area contributed by atoms with E-state index in [1.807, 2.05) is 6.92 Å². The maximum atomic E-state index is 11.4. The Bertz CT molecular complexity index is 323. The number of carbonyl (C=O) groups excluding carboxylic acids is 3. The van der Waals surface area contributed by atoms with Crippen molar-refractivity contribution >= 4 is 17.7 Å². The van der Waals surface area contributed by atoms with E-state index in [9.17, 15) is 14.4 Å². The molecule has 0 fully saturated rings. The minimum absolute atomic E-state index is 0.173. The molecule has 5 heteroatoms. The molecule has 0 aliphatic heterocycles. The predicted octanol–water partition coefficient (Wildman–Crippen LogP) is 1.37. The Morgan fingerprint density at radius 2 is 1.89 bits per heavy atom. The molecular weight excluding hydrogens is 234 g/mol. The van der Waals surface area contributed by atoms with Crippen LogP contribution >= 0.6 is 0 Å². The van der Waals surface area contributed by atoms with Crippen LogP contribution in [0.4, 0.5) is 0 Å². The number of carbonyl (C=O) groups is 3. The SMILES string of the molecule is CCC[C@@H](/C=C/C(=O)OCC)NC(=O)C(=O)CC. The van der Waals surface area contributed by atoms with E-state index < -0.39 is 17.7 Å². The first-order chi connectivity index (χ1) is 8.54. The zero-order valence-electron chi connectivity index (χ0n) is 11.2. The number of hydrogen-bond donors (Lipinski definition) is 1. The van der Waals surface area contributed by atoms with Crippen molar-refractivity contribution in [3.8, 4) is 0 Å². The molecule has 0 heterocycles. The van der Waals surface area contributed by atoms with Crippen LogP contribution in [0, 0.1) is 0 Å². The number of rotatable bonds is 8. The zero-order chi connectivity index (χ0) is 14.0. The van der Waals surface area contributed by atoms with E-state index in [2.05, 4.69) is 5.32 Å². The summed E-state index contributed by atoms with van der Waals surface area (Å²) in [6, 6.07) is -0.317. The Labute approximate surface area is 108 Å². The summed E-state index contributed by atoms with van der Waals surface area (Å²) in [6.07, 6.45) is 4.51. The maximum Gasteiger partial charge on any atom is 0.330 e. The van der Waals surface area contributed by atoms with Gasteiger partial charge < -0.3 is 10.1 Å². The van der Waals surface area contributed by atoms with Crippen LogP contribution in [0.3, 0.4) is 0 Å². The first-order valence-electron chi connectivity index (χ1n) is 6.23. The van der Waals surface area contributed by atoms with Gasteiger partial charge >= 0.3 is 5.97 Å². The average Bonchev–Trinajstić information content (AvgIpc) is 2.35. The second-order valence-corrected chi connectivity index (χ2v) is 3.76. The van der Waals surface area contributed by atoms with Crippen molar-refractivity contribution in [3.05, 3.63) is 12.2 Å². The van der Waals surface area contributed by atoms with Crippen LogP contribution in [0.25, 0.3) is 0 Å². The van der Waals surface area contributed by atoms with Crippen LogP contribution in [0.15, 0.2) is 12.2 Å². The Kier molecular flexibility index (Phi) is 8.53. The van der Waals surface area contributed by atoms with Gasteiger partial charge in [-0.15, -0.1) is 0 Å². The fourth-order valence-electron chi connectivity index (χ4n) is 1.32. The lowest BCUT2D eigenvalue weighted by molar-refractivity contribution is -0.138. The summed E-state index contributed by atoms with van der Waals surface area (Å²) in [5.74, 6) is -1.51. The molecule has 102 valence electrons. The Morgan fingerprint density at radius 3 is 2.39 bits per heavy atom. The third-order valence-corrected chi connectivity index (χ3v) is 2.24. The minimum Gasteiger partial charge on any atom is -0.463 e. The normalized spacial score (nSPS) is 12.2. The van der Waals surface area contributed by atoms with Gasteiger partial charge in [0.2, 0.25) is 5.78 Å². The van der Waals surface area contributed by atoms with Gasteiger partial charge in [-0.25, -0.2) is 4.79 Å². The summed E-state index contributed by atoms with van der Waals surface area (Å²) in [7, 11) is 0. The summed E-state index contributed by atoms with van der Waals surface area (Å²) in [5, 5.41) is 2.58. The minimum atomic E-state index is -0.607. The second-order valence-electron chi connectivity index (χ2n) is 3.76. The van der Waals surface area contributed by atoms with Gasteiger partial charge in [-0.05, 0) is 13.3 Å². The molecule has 5 nitrogen and oxygen atoms in total. The van der Waals surface area contributed by atoms with Gasteiger partial charge in [0.15, 0.2) is 0 Å². The molecule has 0 aromatic carbocycles. The van der Waals surface area contributed by atoms with Crippen molar-refractivity contribution < 1.29 is 19.1 Å². The van der Waals surface area contributed by atoms with Crippen LogP contribution in [0.1, 0.15) is 40.0 Å². The van der Waals surface area contributed by atoms with Gasteiger partial charge in [-0.1, -0.05) is 26.3 Å². The Hall–Kier alpha value is -1.65. The maximum absolute atomic E-state index is 11.4. The number of ether oxygens (including phenoxy) is 1. The van der Waals surface area contributed by atoms with E-state index in [1.54, 1.807) is 19.9 Å². The molecular formula is C13H21NO4. The molecule has 0 spiro atoms. The van der Waals surface area contributed by atoms with Gasteiger partial charge in [-0.2, -0.15) is 0 Å². The average molecular weight is 255 g/mol. The quantitative estimate of drug-likeness (QED) is 0.404. The first-order valence-corrected chi connectivity index (χ1v) is 6.23. The van der Waals surface area contributed by atoms with Gasteiger partial charge in [-0.3, -0.25) is 9.59 Å². The predicted molar refractivity (Wildman–Crippen MR) is 67.9 cm³/mol. The second kappa shape index (κ2) is 9.39. The topological polar surface area (TPSA) is 72.5 Å². The number of nitrogens with one attached hydrogen (secondary N) is 1. The molecule has 0 aliphatic carbocycles. The van der Waals surface area contributed by atoms with E-state index in [-0.39, 0.29) is 12.5 Å².